The molecule has 3 aromatic rings. The molecule has 0 saturated carbocycles. The van der Waals surface area contributed by atoms with Gasteiger partial charge in [0.25, 0.3) is 11.9 Å². The van der Waals surface area contributed by atoms with Crippen LogP contribution < -0.4 is 34.9 Å². The molecule has 1 aliphatic rings. The number of carbonyl (C=O) groups excluding carboxylic acids is 1. The standard InChI is InChI=1S/C22H14FN2OS.C2H4O2.Na/c23-18-7-4-8-19(14-18)24-22-25-21(26)20(27-22)13-15-9-11-17(12-10-15)16-5-2-1-3-6-16;1-2(3)4;/h1-6,8-14H,(H,24,25,26);1H3,(H,3,4);/q-1;;+1. The molecule has 0 aromatic heterocycles. The average molecular weight is 456 g/mol. The van der Waals surface area contributed by atoms with E-state index in [9.17, 15) is 9.18 Å². The van der Waals surface area contributed by atoms with Crippen molar-refractivity contribution in [2.75, 3.05) is 0 Å². The number of benzene rings is 3. The van der Waals surface area contributed by atoms with Gasteiger partial charge in [0, 0.05) is 12.7 Å². The Bertz CT molecular complexity index is 1150. The molecule has 0 spiro atoms. The Hall–Kier alpha value is -2.71. The van der Waals surface area contributed by atoms with E-state index in [2.05, 4.69) is 28.5 Å². The molecule has 0 radical (unpaired) electrons. The first-order valence-electron chi connectivity index (χ1n) is 9.22. The van der Waals surface area contributed by atoms with Gasteiger partial charge in [0.15, 0.2) is 5.17 Å². The third kappa shape index (κ3) is 7.76. The van der Waals surface area contributed by atoms with Crippen LogP contribution in [0.2, 0.25) is 0 Å². The van der Waals surface area contributed by atoms with E-state index in [-0.39, 0.29) is 35.5 Å². The van der Waals surface area contributed by atoms with Gasteiger partial charge in [-0.1, -0.05) is 54.6 Å². The normalized spacial score (nSPS) is 14.9. The van der Waals surface area contributed by atoms with Crippen LogP contribution in [0.15, 0.2) is 82.7 Å². The number of aliphatic imine (C=N–C) groups is 1. The Balaban J connectivity index is 0.000000672. The van der Waals surface area contributed by atoms with Crippen molar-refractivity contribution in [1.82, 2.24) is 5.32 Å². The van der Waals surface area contributed by atoms with Gasteiger partial charge in [-0.05, 0) is 40.2 Å². The zero-order valence-corrected chi connectivity index (χ0v) is 20.3. The molecule has 0 unspecified atom stereocenters. The number of carbonyl (C=O) groups is 2. The fraction of sp³-hybridized carbons (Fsp3) is 0.0417. The molecular weight excluding hydrogens is 438 g/mol. The SMILES string of the molecule is CC(=O)O.O=C1NC(=Nc2cc[c-]c(F)c2)SC1=Cc1ccc(-c2ccccc2)cc1.[Na+]. The summed E-state index contributed by atoms with van der Waals surface area (Å²) in [6, 6.07) is 24.9. The summed E-state index contributed by atoms with van der Waals surface area (Å²) in [5.41, 5.74) is 3.62. The molecule has 1 fully saturated rings. The van der Waals surface area contributed by atoms with E-state index in [4.69, 9.17) is 9.90 Å². The van der Waals surface area contributed by atoms with Gasteiger partial charge in [0.05, 0.1) is 4.91 Å². The fourth-order valence-corrected chi connectivity index (χ4v) is 3.49. The summed E-state index contributed by atoms with van der Waals surface area (Å²) < 4.78 is 13.2. The van der Waals surface area contributed by atoms with Gasteiger partial charge in [-0.3, -0.25) is 14.6 Å². The van der Waals surface area contributed by atoms with Gasteiger partial charge in [0.1, 0.15) is 0 Å². The van der Waals surface area contributed by atoms with E-state index < -0.39 is 11.8 Å². The van der Waals surface area contributed by atoms with Crippen LogP contribution in [-0.2, 0) is 9.59 Å². The Kier molecular flexibility index (Phi) is 9.87. The van der Waals surface area contributed by atoms with Crippen LogP contribution in [0.1, 0.15) is 12.5 Å². The third-order valence-electron chi connectivity index (χ3n) is 3.95. The Morgan fingerprint density at radius 1 is 1.09 bits per heavy atom. The Morgan fingerprint density at radius 2 is 1.72 bits per heavy atom. The minimum atomic E-state index is -0.833. The van der Waals surface area contributed by atoms with Crippen molar-refractivity contribution < 1.29 is 48.6 Å². The van der Waals surface area contributed by atoms with E-state index in [1.54, 1.807) is 6.07 Å². The fourth-order valence-electron chi connectivity index (χ4n) is 2.65. The summed E-state index contributed by atoms with van der Waals surface area (Å²) >= 11 is 1.23. The molecule has 156 valence electrons. The molecule has 1 amide bonds. The van der Waals surface area contributed by atoms with Crippen molar-refractivity contribution in [2.45, 2.75) is 6.92 Å². The number of aliphatic carboxylic acids is 1. The minimum absolute atomic E-state index is 0. The number of hydrogen-bond donors (Lipinski definition) is 2. The second-order valence-corrected chi connectivity index (χ2v) is 7.41. The van der Waals surface area contributed by atoms with Crippen molar-refractivity contribution in [1.29, 1.82) is 0 Å². The van der Waals surface area contributed by atoms with Crippen molar-refractivity contribution in [3.05, 3.63) is 95.1 Å². The topological polar surface area (TPSA) is 78.8 Å². The molecule has 8 heteroatoms. The molecule has 1 heterocycles. The quantitative estimate of drug-likeness (QED) is 0.360. The second kappa shape index (κ2) is 12.4. The van der Waals surface area contributed by atoms with E-state index in [0.29, 0.717) is 15.8 Å². The summed E-state index contributed by atoms with van der Waals surface area (Å²) in [5.74, 6) is -1.53. The molecule has 2 N–H and O–H groups in total. The van der Waals surface area contributed by atoms with Crippen LogP contribution in [0.3, 0.4) is 0 Å². The molecule has 3 aromatic carbocycles. The molecule has 1 saturated heterocycles. The van der Waals surface area contributed by atoms with Crippen molar-refractivity contribution in [3.63, 3.8) is 0 Å². The predicted octanol–water partition coefficient (Wildman–Crippen LogP) is 2.28. The van der Waals surface area contributed by atoms with Gasteiger partial charge in [0.2, 0.25) is 0 Å². The Labute approximate surface area is 211 Å². The Morgan fingerprint density at radius 3 is 2.34 bits per heavy atom. The van der Waals surface area contributed by atoms with Crippen LogP contribution in [0, 0.1) is 11.9 Å². The van der Waals surface area contributed by atoms with E-state index in [1.807, 2.05) is 48.5 Å². The molecule has 1 aliphatic heterocycles. The maximum Gasteiger partial charge on any atom is 1.00 e. The van der Waals surface area contributed by atoms with Gasteiger partial charge >= 0.3 is 29.6 Å². The van der Waals surface area contributed by atoms with Gasteiger partial charge in [-0.15, -0.1) is 18.2 Å². The van der Waals surface area contributed by atoms with Crippen molar-refractivity contribution in [3.8, 4) is 11.1 Å². The first kappa shape index (κ1) is 25.5. The van der Waals surface area contributed by atoms with Crippen LogP contribution in [0.4, 0.5) is 10.1 Å². The number of carboxylic acid groups (broad SMARTS) is 1. The van der Waals surface area contributed by atoms with Crippen molar-refractivity contribution in [2.24, 2.45) is 4.99 Å². The first-order chi connectivity index (χ1) is 14.9. The molecule has 0 atom stereocenters. The summed E-state index contributed by atoms with van der Waals surface area (Å²) in [7, 11) is 0. The van der Waals surface area contributed by atoms with Crippen LogP contribution in [-0.4, -0.2) is 22.2 Å². The zero-order chi connectivity index (χ0) is 22.2. The van der Waals surface area contributed by atoms with E-state index >= 15 is 0 Å². The summed E-state index contributed by atoms with van der Waals surface area (Å²) in [6.07, 6.45) is 1.82. The number of thioether (sulfide) groups is 1. The predicted molar refractivity (Wildman–Crippen MR) is 121 cm³/mol. The number of carboxylic acids is 1. The first-order valence-corrected chi connectivity index (χ1v) is 10.0. The smallest absolute Gasteiger partial charge is 0.481 e. The van der Waals surface area contributed by atoms with Gasteiger partial charge in [-0.25, -0.2) is 4.39 Å². The number of amides is 1. The minimum Gasteiger partial charge on any atom is -0.481 e. The largest absolute Gasteiger partial charge is 1.00 e. The number of hydrogen-bond acceptors (Lipinski definition) is 4. The summed E-state index contributed by atoms with van der Waals surface area (Å²) in [5, 5.41) is 10.5. The molecule has 4 rings (SSSR count). The van der Waals surface area contributed by atoms with E-state index in [1.165, 1.54) is 23.9 Å². The number of amidine groups is 1. The number of nitrogens with one attached hydrogen (secondary N) is 1. The zero-order valence-electron chi connectivity index (χ0n) is 17.5. The van der Waals surface area contributed by atoms with Gasteiger partial charge in [-0.2, -0.15) is 6.07 Å². The molecule has 32 heavy (non-hydrogen) atoms. The molecule has 0 aliphatic carbocycles. The number of halogens is 1. The number of nitrogens with zero attached hydrogens (tertiary/aromatic N) is 1. The number of rotatable bonds is 3. The van der Waals surface area contributed by atoms with Crippen LogP contribution in [0.25, 0.3) is 17.2 Å². The molecular formula is C24H18FN2NaO3S. The maximum atomic E-state index is 13.2. The van der Waals surface area contributed by atoms with Crippen LogP contribution >= 0.6 is 11.8 Å². The maximum absolute atomic E-state index is 13.2. The summed E-state index contributed by atoms with van der Waals surface area (Å²) in [4.78, 5) is 26.0. The average Bonchev–Trinajstić information content (AvgIpc) is 3.07. The second-order valence-electron chi connectivity index (χ2n) is 6.38. The third-order valence-corrected chi connectivity index (χ3v) is 4.86. The van der Waals surface area contributed by atoms with Gasteiger partial charge < -0.3 is 10.4 Å². The molecule has 5 nitrogen and oxygen atoms in total. The van der Waals surface area contributed by atoms with Crippen LogP contribution in [0.5, 0.6) is 0 Å². The van der Waals surface area contributed by atoms with Crippen molar-refractivity contribution >= 4 is 40.6 Å². The summed E-state index contributed by atoms with van der Waals surface area (Å²) in [6.45, 7) is 1.08. The molecule has 0 bridgehead atoms. The van der Waals surface area contributed by atoms with E-state index in [0.717, 1.165) is 23.6 Å². The monoisotopic (exact) mass is 456 g/mol.